The fraction of sp³-hybridized carbons (Fsp3) is 0.333. The van der Waals surface area contributed by atoms with Crippen molar-refractivity contribution >= 4 is 39.3 Å². The number of fused-ring (bicyclic) bond motifs is 4. The third-order valence-corrected chi connectivity index (χ3v) is 16.1. The molecule has 8 rings (SSSR count). The van der Waals surface area contributed by atoms with Crippen LogP contribution in [0, 0.1) is 0 Å². The molecule has 0 unspecified atom stereocenters. The average molecular weight is 869 g/mol. The molecule has 0 N–H and O–H groups in total. The fourth-order valence-electron chi connectivity index (χ4n) is 8.45. The van der Waals surface area contributed by atoms with E-state index in [2.05, 4.69) is 192 Å². The summed E-state index contributed by atoms with van der Waals surface area (Å²) in [5, 5.41) is 5.38. The van der Waals surface area contributed by atoms with Crippen molar-refractivity contribution < 1.29 is 48.0 Å². The number of allylic oxidation sites excluding steroid dienone is 2. The Balaban J connectivity index is 0.00000275. The molecule has 6 aromatic rings. The van der Waals surface area contributed by atoms with Crippen molar-refractivity contribution in [3.63, 3.8) is 0 Å². The van der Waals surface area contributed by atoms with Gasteiger partial charge in [0.25, 0.3) is 0 Å². The van der Waals surface area contributed by atoms with E-state index < -0.39 is 23.2 Å². The largest absolute Gasteiger partial charge is 1.00 e. The van der Waals surface area contributed by atoms with E-state index in [4.69, 9.17) is 0 Å². The van der Waals surface area contributed by atoms with Gasteiger partial charge in [-0.25, -0.2) is 0 Å². The van der Waals surface area contributed by atoms with Crippen LogP contribution in [0.3, 0.4) is 0 Å². The predicted molar refractivity (Wildman–Crippen MR) is 237 cm³/mol. The summed E-state index contributed by atoms with van der Waals surface area (Å²) in [4.78, 5) is 0. The molecule has 0 radical (unpaired) electrons. The third-order valence-electron chi connectivity index (χ3n) is 12.1. The van der Waals surface area contributed by atoms with Gasteiger partial charge in [0.1, 0.15) is 0 Å². The average Bonchev–Trinajstić information content (AvgIpc) is 3.65. The first kappa shape index (κ1) is 43.4. The van der Waals surface area contributed by atoms with Gasteiger partial charge >= 0.3 is 345 Å². The molecule has 0 amide bonds. The Morgan fingerprint density at radius 2 is 0.649 bits per heavy atom. The van der Waals surface area contributed by atoms with Crippen LogP contribution in [0.15, 0.2) is 109 Å². The minimum absolute atomic E-state index is 0. The second-order valence-electron chi connectivity index (χ2n) is 20.5. The van der Waals surface area contributed by atoms with Crippen LogP contribution in [0.2, 0.25) is 0 Å². The Labute approximate surface area is 367 Å². The Morgan fingerprint density at radius 1 is 0.368 bits per heavy atom. The second-order valence-corrected chi connectivity index (χ2v) is 23.6. The van der Waals surface area contributed by atoms with Gasteiger partial charge in [-0.1, -0.05) is 0 Å². The summed E-state index contributed by atoms with van der Waals surface area (Å²) in [5.41, 5.74) is 17.9. The Bertz CT molecular complexity index is 2340. The van der Waals surface area contributed by atoms with Crippen LogP contribution in [0.4, 0.5) is 0 Å². The van der Waals surface area contributed by atoms with E-state index in [9.17, 15) is 0 Å². The first-order valence-electron chi connectivity index (χ1n) is 20.3. The molecule has 0 nitrogen and oxygen atoms in total. The molecule has 0 saturated heterocycles. The molecule has 2 aliphatic rings. The van der Waals surface area contributed by atoms with E-state index >= 15 is 0 Å². The maximum absolute atomic E-state index is 2.55. The van der Waals surface area contributed by atoms with E-state index in [-0.39, 0.29) is 46.5 Å². The van der Waals surface area contributed by atoms with Gasteiger partial charge in [-0.2, -0.15) is 0 Å². The quantitative estimate of drug-likeness (QED) is 0.166. The molecule has 0 saturated carbocycles. The van der Waals surface area contributed by atoms with Crippen LogP contribution in [0.5, 0.6) is 0 Å². The minimum Gasteiger partial charge on any atom is -1.00 e. The van der Waals surface area contributed by atoms with Crippen LogP contribution in [-0.4, -0.2) is 0 Å². The van der Waals surface area contributed by atoms with Crippen molar-refractivity contribution in [3.05, 3.63) is 165 Å². The minimum atomic E-state index is -1.42. The summed E-state index contributed by atoms with van der Waals surface area (Å²) in [5.74, 6) is 0. The van der Waals surface area contributed by atoms with Gasteiger partial charge in [0.2, 0.25) is 0 Å². The van der Waals surface area contributed by atoms with E-state index in [1.165, 1.54) is 77.2 Å². The Hall–Kier alpha value is -3.22. The molecule has 0 fully saturated rings. The summed E-state index contributed by atoms with van der Waals surface area (Å²) in [6.07, 6.45) is 1.99. The van der Waals surface area contributed by atoms with Gasteiger partial charge < -0.3 is 24.8 Å². The van der Waals surface area contributed by atoms with Gasteiger partial charge in [-0.3, -0.25) is 0 Å². The smallest absolute Gasteiger partial charge is 1.00 e. The standard InChI is InChI=1S/2C27H29.2ClH.Zr/c2*1-26(2,3)24-15-23(16-25(17-24)27(4,5)6)22-13-20-11-18-9-7-8-10-19(18)12-21(20)14-22;;;/h2*7-12,15-17H,13H2,1-6H3;2*1H;/q;;;;+2/p-2. The number of hydrogen-bond donors (Lipinski definition) is 0. The van der Waals surface area contributed by atoms with E-state index in [1.807, 2.05) is 0 Å². The topological polar surface area (TPSA) is 0 Å². The normalized spacial score (nSPS) is 14.4. The predicted octanol–water partition coefficient (Wildman–Crippen LogP) is 8.82. The molecule has 292 valence electrons. The van der Waals surface area contributed by atoms with Crippen molar-refractivity contribution in [2.45, 2.75) is 118 Å². The molecular formula is C54H58Cl2Zr. The summed E-state index contributed by atoms with van der Waals surface area (Å²) in [6.45, 7) is 28.4. The molecule has 0 aliphatic heterocycles. The van der Waals surface area contributed by atoms with Crippen LogP contribution in [0.1, 0.15) is 139 Å². The summed E-state index contributed by atoms with van der Waals surface area (Å²) in [6, 6.07) is 43.2. The monoisotopic (exact) mass is 866 g/mol. The van der Waals surface area contributed by atoms with E-state index in [0.29, 0.717) is 0 Å². The second kappa shape index (κ2) is 15.4. The molecule has 0 heterocycles. The van der Waals surface area contributed by atoms with Crippen LogP contribution in [-0.2, 0) is 57.7 Å². The van der Waals surface area contributed by atoms with Crippen molar-refractivity contribution in [2.75, 3.05) is 0 Å². The molecule has 6 aromatic carbocycles. The number of hydrogen-bond acceptors (Lipinski definition) is 0. The maximum atomic E-state index is 2.55. The zero-order chi connectivity index (χ0) is 39.2. The fourth-order valence-corrected chi connectivity index (χ4v) is 12.8. The molecule has 0 spiro atoms. The Kier molecular flexibility index (Phi) is 11.7. The molecule has 0 atom stereocenters. The first-order chi connectivity index (χ1) is 25.7. The molecule has 0 bridgehead atoms. The zero-order valence-electron chi connectivity index (χ0n) is 36.1. The molecule has 0 aromatic heterocycles. The van der Waals surface area contributed by atoms with Crippen LogP contribution < -0.4 is 24.8 Å². The molecule has 3 heteroatoms. The van der Waals surface area contributed by atoms with Gasteiger partial charge in [0.05, 0.1) is 0 Å². The number of rotatable bonds is 4. The van der Waals surface area contributed by atoms with Crippen LogP contribution in [0.25, 0.3) is 39.3 Å². The van der Waals surface area contributed by atoms with Crippen LogP contribution >= 0.6 is 0 Å². The van der Waals surface area contributed by atoms with E-state index in [1.54, 1.807) is 17.7 Å². The summed E-state index contributed by atoms with van der Waals surface area (Å²) >= 11 is -1.42. The molecule has 57 heavy (non-hydrogen) atoms. The van der Waals surface area contributed by atoms with Gasteiger partial charge in [0, 0.05) is 0 Å². The maximum Gasteiger partial charge on any atom is -1.00 e. The first-order valence-corrected chi connectivity index (χ1v) is 22.8. The zero-order valence-corrected chi connectivity index (χ0v) is 40.0. The number of benzene rings is 6. The van der Waals surface area contributed by atoms with Crippen molar-refractivity contribution in [1.29, 1.82) is 0 Å². The summed E-state index contributed by atoms with van der Waals surface area (Å²) < 4.78 is 3.32. The van der Waals surface area contributed by atoms with Crippen molar-refractivity contribution in [1.82, 2.24) is 0 Å². The van der Waals surface area contributed by atoms with Gasteiger partial charge in [-0.05, 0) is 0 Å². The Morgan fingerprint density at radius 3 is 0.930 bits per heavy atom. The summed E-state index contributed by atoms with van der Waals surface area (Å²) in [7, 11) is 0. The third kappa shape index (κ3) is 8.47. The van der Waals surface area contributed by atoms with Crippen molar-refractivity contribution in [2.24, 2.45) is 0 Å². The molecule has 2 aliphatic carbocycles. The van der Waals surface area contributed by atoms with Gasteiger partial charge in [-0.15, -0.1) is 0 Å². The SMILES string of the molecule is CC(C)(C)c1cc(C2=[C]([Zr+2][C]3=C(c4cc(C(C)(C)C)cc(C(C)(C)C)c4)Cc4cc5ccccc5cc43)c3cc4ccccc4cc3C2)cc(C(C)(C)C)c1.[Cl-].[Cl-]. The number of halogens is 2. The van der Waals surface area contributed by atoms with Gasteiger partial charge in [0.15, 0.2) is 0 Å². The van der Waals surface area contributed by atoms with Crippen molar-refractivity contribution in [3.8, 4) is 0 Å². The molecular weight excluding hydrogens is 811 g/mol. The van der Waals surface area contributed by atoms with E-state index in [0.717, 1.165) is 12.8 Å².